The zero-order valence-corrected chi connectivity index (χ0v) is 12.5. The lowest BCUT2D eigenvalue weighted by Gasteiger charge is -2.30. The number of rotatable bonds is 2. The molecule has 0 aliphatic heterocycles. The molecular weight excluding hydrogens is 258 g/mol. The summed E-state index contributed by atoms with van der Waals surface area (Å²) < 4.78 is 26.5. The Balaban J connectivity index is 2.55. The van der Waals surface area contributed by atoms with E-state index >= 15 is 0 Å². The summed E-state index contributed by atoms with van der Waals surface area (Å²) in [5, 5.41) is 1.98. The molecule has 2 aromatic rings. The van der Waals surface area contributed by atoms with Crippen LogP contribution in [0.5, 0.6) is 0 Å². The molecule has 0 N–H and O–H groups in total. The highest BCUT2D eigenvalue weighted by molar-refractivity contribution is 7.89. The molecular formula is C15H19NO2S. The highest BCUT2D eigenvalue weighted by atomic mass is 32.2. The standard InChI is InChI=1S/C15H19NO2S/c1-15(2,3)16(4)19(17,18)14-10-9-12-7-5-6-8-13(12)11-14/h5-11H,1-4H3. The van der Waals surface area contributed by atoms with E-state index in [-0.39, 0.29) is 0 Å². The summed E-state index contributed by atoms with van der Waals surface area (Å²) in [5.41, 5.74) is -0.440. The maximum Gasteiger partial charge on any atom is 0.243 e. The minimum atomic E-state index is -3.45. The zero-order valence-electron chi connectivity index (χ0n) is 11.7. The van der Waals surface area contributed by atoms with E-state index in [2.05, 4.69) is 0 Å². The molecule has 3 nitrogen and oxygen atoms in total. The van der Waals surface area contributed by atoms with Crippen LogP contribution >= 0.6 is 0 Å². The Bertz CT molecular complexity index is 699. The lowest BCUT2D eigenvalue weighted by Crippen LogP contribution is -2.42. The Morgan fingerprint density at radius 3 is 2.11 bits per heavy atom. The summed E-state index contributed by atoms with van der Waals surface area (Å²) in [5.74, 6) is 0. The van der Waals surface area contributed by atoms with Crippen LogP contribution < -0.4 is 0 Å². The molecule has 0 saturated heterocycles. The number of nitrogens with zero attached hydrogens (tertiary/aromatic N) is 1. The molecule has 0 atom stereocenters. The molecule has 0 aliphatic rings. The van der Waals surface area contributed by atoms with Crippen LogP contribution in [0.1, 0.15) is 20.8 Å². The highest BCUT2D eigenvalue weighted by Crippen LogP contribution is 2.25. The molecule has 0 unspecified atom stereocenters. The second-order valence-electron chi connectivity index (χ2n) is 5.65. The summed E-state index contributed by atoms with van der Waals surface area (Å²) >= 11 is 0. The Kier molecular flexibility index (Phi) is 3.41. The first kappa shape index (κ1) is 14.0. The normalized spacial score (nSPS) is 13.1. The van der Waals surface area contributed by atoms with Gasteiger partial charge in [-0.05, 0) is 43.7 Å². The summed E-state index contributed by atoms with van der Waals surface area (Å²) in [4.78, 5) is 0.337. The Labute approximate surface area is 114 Å². The van der Waals surface area contributed by atoms with Crippen molar-refractivity contribution in [3.8, 4) is 0 Å². The molecule has 0 fully saturated rings. The molecule has 19 heavy (non-hydrogen) atoms. The summed E-state index contributed by atoms with van der Waals surface area (Å²) in [6, 6.07) is 13.0. The van der Waals surface area contributed by atoms with Gasteiger partial charge >= 0.3 is 0 Å². The molecule has 0 radical (unpaired) electrons. The predicted molar refractivity (Wildman–Crippen MR) is 78.6 cm³/mol. The van der Waals surface area contributed by atoms with Gasteiger partial charge in [-0.2, -0.15) is 4.31 Å². The van der Waals surface area contributed by atoms with E-state index in [1.54, 1.807) is 19.2 Å². The predicted octanol–water partition coefficient (Wildman–Crippen LogP) is 3.26. The Hall–Kier alpha value is -1.39. The van der Waals surface area contributed by atoms with E-state index in [1.807, 2.05) is 51.1 Å². The fourth-order valence-corrected chi connectivity index (χ4v) is 3.40. The number of fused-ring (bicyclic) bond motifs is 1. The van der Waals surface area contributed by atoms with Gasteiger partial charge in [-0.15, -0.1) is 0 Å². The van der Waals surface area contributed by atoms with Crippen LogP contribution in [0.3, 0.4) is 0 Å². The van der Waals surface area contributed by atoms with Crippen LogP contribution in [0, 0.1) is 0 Å². The van der Waals surface area contributed by atoms with Crippen LogP contribution in [0.4, 0.5) is 0 Å². The van der Waals surface area contributed by atoms with Crippen molar-refractivity contribution in [1.82, 2.24) is 4.31 Å². The van der Waals surface area contributed by atoms with E-state index in [0.717, 1.165) is 10.8 Å². The van der Waals surface area contributed by atoms with Gasteiger partial charge in [0, 0.05) is 12.6 Å². The summed E-state index contributed by atoms with van der Waals surface area (Å²) in [6.45, 7) is 5.64. The number of sulfonamides is 1. The fourth-order valence-electron chi connectivity index (χ4n) is 1.85. The average molecular weight is 277 g/mol. The molecule has 0 amide bonds. The van der Waals surface area contributed by atoms with Crippen LogP contribution in [0.25, 0.3) is 10.8 Å². The maximum absolute atomic E-state index is 12.5. The second-order valence-corrected chi connectivity index (χ2v) is 7.62. The molecule has 0 aromatic heterocycles. The molecule has 0 bridgehead atoms. The van der Waals surface area contributed by atoms with E-state index < -0.39 is 15.6 Å². The number of benzene rings is 2. The lowest BCUT2D eigenvalue weighted by molar-refractivity contribution is 0.292. The smallest absolute Gasteiger partial charge is 0.207 e. The van der Waals surface area contributed by atoms with Gasteiger partial charge in [0.25, 0.3) is 0 Å². The molecule has 0 saturated carbocycles. The quantitative estimate of drug-likeness (QED) is 0.845. The van der Waals surface area contributed by atoms with Gasteiger partial charge in [0.1, 0.15) is 0 Å². The molecule has 102 valence electrons. The number of hydrogen-bond acceptors (Lipinski definition) is 2. The molecule has 4 heteroatoms. The second kappa shape index (κ2) is 4.62. The van der Waals surface area contributed by atoms with Gasteiger partial charge in [0.2, 0.25) is 10.0 Å². The molecule has 0 aliphatic carbocycles. The largest absolute Gasteiger partial charge is 0.243 e. The van der Waals surface area contributed by atoms with Gasteiger partial charge in [0.15, 0.2) is 0 Å². The monoisotopic (exact) mass is 277 g/mol. The van der Waals surface area contributed by atoms with Gasteiger partial charge in [-0.3, -0.25) is 0 Å². The van der Waals surface area contributed by atoms with E-state index in [4.69, 9.17) is 0 Å². The van der Waals surface area contributed by atoms with Gasteiger partial charge in [-0.1, -0.05) is 30.3 Å². The van der Waals surface area contributed by atoms with Crippen LogP contribution in [0.2, 0.25) is 0 Å². The number of hydrogen-bond donors (Lipinski definition) is 0. The minimum Gasteiger partial charge on any atom is -0.207 e. The SMILES string of the molecule is CN(C(C)(C)C)S(=O)(=O)c1ccc2ccccc2c1. The van der Waals surface area contributed by atoms with E-state index in [9.17, 15) is 8.42 Å². The average Bonchev–Trinajstić information content (AvgIpc) is 2.36. The first-order chi connectivity index (χ1) is 8.73. The summed E-state index contributed by atoms with van der Waals surface area (Å²) in [6.07, 6.45) is 0. The van der Waals surface area contributed by atoms with Gasteiger partial charge < -0.3 is 0 Å². The fraction of sp³-hybridized carbons (Fsp3) is 0.333. The molecule has 2 aromatic carbocycles. The van der Waals surface area contributed by atoms with Crippen LogP contribution in [-0.4, -0.2) is 25.3 Å². The third-order valence-corrected chi connectivity index (χ3v) is 5.44. The Morgan fingerprint density at radius 1 is 0.947 bits per heavy atom. The minimum absolute atomic E-state index is 0.337. The third-order valence-electron chi connectivity index (χ3n) is 3.32. The topological polar surface area (TPSA) is 37.4 Å². The van der Waals surface area contributed by atoms with Gasteiger partial charge in [0.05, 0.1) is 4.90 Å². The maximum atomic E-state index is 12.5. The van der Waals surface area contributed by atoms with E-state index in [1.165, 1.54) is 4.31 Å². The van der Waals surface area contributed by atoms with Crippen molar-refractivity contribution in [3.05, 3.63) is 42.5 Å². The van der Waals surface area contributed by atoms with Crippen molar-refractivity contribution in [1.29, 1.82) is 0 Å². The third kappa shape index (κ3) is 2.65. The molecule has 0 spiro atoms. The molecule has 0 heterocycles. The first-order valence-corrected chi connectivity index (χ1v) is 7.65. The van der Waals surface area contributed by atoms with Crippen molar-refractivity contribution in [2.24, 2.45) is 0 Å². The molecule has 2 rings (SSSR count). The van der Waals surface area contributed by atoms with Crippen LogP contribution in [-0.2, 0) is 10.0 Å². The van der Waals surface area contributed by atoms with Crippen molar-refractivity contribution >= 4 is 20.8 Å². The lowest BCUT2D eigenvalue weighted by atomic mass is 10.1. The van der Waals surface area contributed by atoms with Crippen molar-refractivity contribution in [3.63, 3.8) is 0 Å². The van der Waals surface area contributed by atoms with E-state index in [0.29, 0.717) is 4.90 Å². The van der Waals surface area contributed by atoms with Gasteiger partial charge in [-0.25, -0.2) is 8.42 Å². The van der Waals surface area contributed by atoms with Crippen molar-refractivity contribution < 1.29 is 8.42 Å². The zero-order chi connectivity index (χ0) is 14.3. The first-order valence-electron chi connectivity index (χ1n) is 6.21. The Morgan fingerprint density at radius 2 is 1.53 bits per heavy atom. The van der Waals surface area contributed by atoms with Crippen LogP contribution in [0.15, 0.2) is 47.4 Å². The summed E-state index contributed by atoms with van der Waals surface area (Å²) in [7, 11) is -1.84. The highest BCUT2D eigenvalue weighted by Gasteiger charge is 2.30. The van der Waals surface area contributed by atoms with Crippen molar-refractivity contribution in [2.45, 2.75) is 31.2 Å². The van der Waals surface area contributed by atoms with Crippen molar-refractivity contribution in [2.75, 3.05) is 7.05 Å².